The van der Waals surface area contributed by atoms with Crippen molar-refractivity contribution in [2.75, 3.05) is 19.6 Å². The molecule has 2 aliphatic heterocycles. The molecule has 0 aliphatic carbocycles. The van der Waals surface area contributed by atoms with Crippen LogP contribution in [0.4, 0.5) is 0 Å². The molecule has 0 spiro atoms. The van der Waals surface area contributed by atoms with Gasteiger partial charge in [0, 0.05) is 42.0 Å². The summed E-state index contributed by atoms with van der Waals surface area (Å²) in [4.78, 5) is 8.57. The minimum absolute atomic E-state index is 0. The minimum atomic E-state index is 0. The number of halogens is 1. The van der Waals surface area contributed by atoms with E-state index in [1.54, 1.807) is 0 Å². The molecule has 4 heterocycles. The van der Waals surface area contributed by atoms with Crippen molar-refractivity contribution >= 4 is 23.7 Å². The number of rotatable bonds is 3. The topological polar surface area (TPSA) is 58.9 Å². The van der Waals surface area contributed by atoms with Crippen molar-refractivity contribution < 1.29 is 0 Å². The largest absolute Gasteiger partial charge is 0.312 e. The lowest BCUT2D eigenvalue weighted by Gasteiger charge is -2.31. The number of likely N-dealkylation sites (tertiary alicyclic amines) is 1. The lowest BCUT2D eigenvalue weighted by atomic mass is 9.95. The normalized spacial score (nSPS) is 19.2. The molecule has 0 amide bonds. The summed E-state index contributed by atoms with van der Waals surface area (Å²) in [6.07, 6.45) is 4.42. The van der Waals surface area contributed by atoms with E-state index in [1.165, 1.54) is 28.6 Å². The molecule has 0 atom stereocenters. The van der Waals surface area contributed by atoms with E-state index < -0.39 is 0 Å². The fourth-order valence-electron chi connectivity index (χ4n) is 3.71. The average Bonchev–Trinajstić information content (AvgIpc) is 3.22. The van der Waals surface area contributed by atoms with Crippen LogP contribution in [0.1, 0.15) is 61.1 Å². The number of hydrogen-bond acceptors (Lipinski definition) is 6. The zero-order valence-corrected chi connectivity index (χ0v) is 17.5. The fraction of sp³-hybridized carbons (Fsp3) is 0.722. The number of hydrogen-bond donors (Lipinski definition) is 1. The lowest BCUT2D eigenvalue weighted by Crippen LogP contribution is -2.34. The van der Waals surface area contributed by atoms with Gasteiger partial charge >= 0.3 is 0 Å². The Kier molecular flexibility index (Phi) is 6.01. The SMILES string of the molecule is CC(C)(C)c1ncc(CN2CCC(c3nnc4n3CCNC4)CC2)s1.Cl. The lowest BCUT2D eigenvalue weighted by molar-refractivity contribution is 0.201. The standard InChI is InChI=1S/C18H28N6S.ClH/c1-18(2,3)17-20-10-14(25-17)12-23-7-4-13(5-8-23)16-22-21-15-11-19-6-9-24(15)16;/h10,13,19H,4-9,11-12H2,1-3H3;1H. The van der Waals surface area contributed by atoms with Gasteiger partial charge in [0.1, 0.15) is 11.6 Å². The summed E-state index contributed by atoms with van der Waals surface area (Å²) in [6.45, 7) is 12.9. The Labute approximate surface area is 165 Å². The van der Waals surface area contributed by atoms with E-state index in [4.69, 9.17) is 0 Å². The first-order valence-electron chi connectivity index (χ1n) is 9.31. The van der Waals surface area contributed by atoms with Crippen LogP contribution in [0.2, 0.25) is 0 Å². The highest BCUT2D eigenvalue weighted by atomic mass is 35.5. The molecule has 0 radical (unpaired) electrons. The molecule has 0 aromatic carbocycles. The fourth-order valence-corrected chi connectivity index (χ4v) is 4.73. The third kappa shape index (κ3) is 4.11. The number of nitrogens with zero attached hydrogens (tertiary/aromatic N) is 5. The van der Waals surface area contributed by atoms with E-state index >= 15 is 0 Å². The number of piperidine rings is 1. The van der Waals surface area contributed by atoms with E-state index in [-0.39, 0.29) is 17.8 Å². The van der Waals surface area contributed by atoms with Crippen LogP contribution in [0.5, 0.6) is 0 Å². The van der Waals surface area contributed by atoms with Gasteiger partial charge in [-0.25, -0.2) is 4.98 Å². The summed E-state index contributed by atoms with van der Waals surface area (Å²) >= 11 is 1.86. The van der Waals surface area contributed by atoms with Crippen molar-refractivity contribution in [1.29, 1.82) is 0 Å². The summed E-state index contributed by atoms with van der Waals surface area (Å²) in [5.41, 5.74) is 0.150. The molecule has 2 aromatic heterocycles. The number of fused-ring (bicyclic) bond motifs is 1. The summed E-state index contributed by atoms with van der Waals surface area (Å²) in [7, 11) is 0. The van der Waals surface area contributed by atoms with Crippen molar-refractivity contribution in [3.8, 4) is 0 Å². The van der Waals surface area contributed by atoms with Crippen molar-refractivity contribution in [3.05, 3.63) is 27.7 Å². The smallest absolute Gasteiger partial charge is 0.147 e. The van der Waals surface area contributed by atoms with Crippen molar-refractivity contribution in [2.45, 2.75) is 64.6 Å². The number of aromatic nitrogens is 4. The maximum absolute atomic E-state index is 4.62. The minimum Gasteiger partial charge on any atom is -0.312 e. The molecule has 1 N–H and O–H groups in total. The Morgan fingerprint density at radius 3 is 2.65 bits per heavy atom. The predicted octanol–water partition coefficient (Wildman–Crippen LogP) is 2.94. The van der Waals surface area contributed by atoms with E-state index in [0.717, 1.165) is 45.1 Å². The molecule has 26 heavy (non-hydrogen) atoms. The molecular formula is C18H29ClN6S. The second kappa shape index (κ2) is 7.92. The Bertz CT molecular complexity index is 726. The van der Waals surface area contributed by atoms with E-state index in [0.29, 0.717) is 5.92 Å². The Morgan fingerprint density at radius 1 is 1.19 bits per heavy atom. The first-order chi connectivity index (χ1) is 12.0. The molecule has 0 bridgehead atoms. The van der Waals surface area contributed by atoms with E-state index in [2.05, 4.69) is 56.9 Å². The summed E-state index contributed by atoms with van der Waals surface area (Å²) in [6, 6.07) is 0. The molecule has 1 saturated heterocycles. The predicted molar refractivity (Wildman–Crippen MR) is 107 cm³/mol. The van der Waals surface area contributed by atoms with Crippen LogP contribution in [0.25, 0.3) is 0 Å². The van der Waals surface area contributed by atoms with Crippen molar-refractivity contribution in [3.63, 3.8) is 0 Å². The van der Waals surface area contributed by atoms with Gasteiger partial charge in [-0.2, -0.15) is 0 Å². The molecule has 2 aliphatic rings. The average molecular weight is 397 g/mol. The van der Waals surface area contributed by atoms with Crippen LogP contribution >= 0.6 is 23.7 Å². The summed E-state index contributed by atoms with van der Waals surface area (Å²) in [5, 5.41) is 13.5. The summed E-state index contributed by atoms with van der Waals surface area (Å²) in [5.74, 6) is 2.87. The number of thiazole rings is 1. The van der Waals surface area contributed by atoms with Crippen molar-refractivity contribution in [2.24, 2.45) is 0 Å². The highest BCUT2D eigenvalue weighted by Crippen LogP contribution is 2.31. The number of nitrogens with one attached hydrogen (secondary N) is 1. The molecule has 4 rings (SSSR count). The van der Waals surface area contributed by atoms with Gasteiger partial charge in [-0.05, 0) is 25.9 Å². The first kappa shape index (κ1) is 19.7. The van der Waals surface area contributed by atoms with Crippen LogP contribution < -0.4 is 5.32 Å². The first-order valence-corrected chi connectivity index (χ1v) is 10.1. The zero-order chi connectivity index (χ0) is 17.4. The van der Waals surface area contributed by atoms with Crippen LogP contribution in [-0.2, 0) is 25.0 Å². The van der Waals surface area contributed by atoms with Gasteiger partial charge in [-0.3, -0.25) is 4.90 Å². The molecular weight excluding hydrogens is 368 g/mol. The second-order valence-electron chi connectivity index (χ2n) is 8.23. The second-order valence-corrected chi connectivity index (χ2v) is 9.35. The molecule has 8 heteroatoms. The highest BCUT2D eigenvalue weighted by Gasteiger charge is 2.27. The summed E-state index contributed by atoms with van der Waals surface area (Å²) < 4.78 is 2.34. The molecule has 0 unspecified atom stereocenters. The highest BCUT2D eigenvalue weighted by molar-refractivity contribution is 7.11. The Balaban J connectivity index is 0.00000196. The molecule has 144 valence electrons. The quantitative estimate of drug-likeness (QED) is 0.864. The van der Waals surface area contributed by atoms with Gasteiger partial charge in [0.15, 0.2) is 0 Å². The molecule has 1 fully saturated rings. The van der Waals surface area contributed by atoms with Gasteiger partial charge in [0.25, 0.3) is 0 Å². The Morgan fingerprint density at radius 2 is 1.96 bits per heavy atom. The molecule has 2 aromatic rings. The third-order valence-electron chi connectivity index (χ3n) is 5.18. The molecule has 6 nitrogen and oxygen atoms in total. The maximum atomic E-state index is 4.62. The Hall–Kier alpha value is -1.02. The monoisotopic (exact) mass is 396 g/mol. The maximum Gasteiger partial charge on any atom is 0.147 e. The third-order valence-corrected chi connectivity index (χ3v) is 6.59. The van der Waals surface area contributed by atoms with Crippen LogP contribution in [0.15, 0.2) is 6.20 Å². The van der Waals surface area contributed by atoms with Gasteiger partial charge in [0.05, 0.1) is 11.6 Å². The van der Waals surface area contributed by atoms with Gasteiger partial charge in [0.2, 0.25) is 0 Å². The van der Waals surface area contributed by atoms with Gasteiger partial charge < -0.3 is 9.88 Å². The van der Waals surface area contributed by atoms with Crippen molar-refractivity contribution in [1.82, 2.24) is 30.0 Å². The van der Waals surface area contributed by atoms with Crippen LogP contribution in [0, 0.1) is 0 Å². The van der Waals surface area contributed by atoms with E-state index in [9.17, 15) is 0 Å². The van der Waals surface area contributed by atoms with E-state index in [1.807, 2.05) is 11.3 Å². The van der Waals surface area contributed by atoms with Gasteiger partial charge in [-0.1, -0.05) is 20.8 Å². The molecule has 0 saturated carbocycles. The van der Waals surface area contributed by atoms with Crippen LogP contribution in [0.3, 0.4) is 0 Å². The van der Waals surface area contributed by atoms with Gasteiger partial charge in [-0.15, -0.1) is 33.9 Å². The zero-order valence-electron chi connectivity index (χ0n) is 15.9. The van der Waals surface area contributed by atoms with Crippen LogP contribution in [-0.4, -0.2) is 44.3 Å².